The molecule has 1 amide bonds. The molecule has 0 radical (unpaired) electrons. The smallest absolute Gasteiger partial charge is 0.223 e. The lowest BCUT2D eigenvalue weighted by Gasteiger charge is -2.32. The molecule has 3 rings (SSSR count). The van der Waals surface area contributed by atoms with Gasteiger partial charge in [-0.1, -0.05) is 25.1 Å². The van der Waals surface area contributed by atoms with E-state index in [-0.39, 0.29) is 17.6 Å². The third-order valence-corrected chi connectivity index (χ3v) is 5.53. The highest BCUT2D eigenvalue weighted by Gasteiger charge is 2.25. The summed E-state index contributed by atoms with van der Waals surface area (Å²) in [4.78, 5) is 15.9. The molecular weight excluding hydrogens is 309 g/mol. The average molecular weight is 331 g/mol. The first-order chi connectivity index (χ1) is 11.1. The van der Waals surface area contributed by atoms with E-state index in [2.05, 4.69) is 13.0 Å². The second kappa shape index (κ2) is 7.26. The summed E-state index contributed by atoms with van der Waals surface area (Å²) in [6.45, 7) is 3.93. The number of piperidine rings is 1. The third-order valence-electron chi connectivity index (χ3n) is 4.55. The highest BCUT2D eigenvalue weighted by Crippen LogP contribution is 2.32. The molecule has 0 N–H and O–H groups in total. The summed E-state index contributed by atoms with van der Waals surface area (Å²) in [6, 6.07) is 10.6. The Morgan fingerprint density at radius 2 is 2.13 bits per heavy atom. The van der Waals surface area contributed by atoms with Crippen LogP contribution in [0.4, 0.5) is 4.39 Å². The maximum Gasteiger partial charge on any atom is 0.223 e. The minimum absolute atomic E-state index is 0.0142. The van der Waals surface area contributed by atoms with Crippen LogP contribution in [0.3, 0.4) is 0 Å². The fourth-order valence-corrected chi connectivity index (χ4v) is 4.14. The number of halogens is 1. The molecule has 23 heavy (non-hydrogen) atoms. The van der Waals surface area contributed by atoms with E-state index in [0.717, 1.165) is 30.0 Å². The van der Waals surface area contributed by atoms with Crippen molar-refractivity contribution in [2.45, 2.75) is 32.1 Å². The molecule has 1 aliphatic rings. The van der Waals surface area contributed by atoms with Gasteiger partial charge in [-0.15, -0.1) is 11.3 Å². The van der Waals surface area contributed by atoms with Gasteiger partial charge in [-0.05, 0) is 47.9 Å². The highest BCUT2D eigenvalue weighted by molar-refractivity contribution is 7.10. The van der Waals surface area contributed by atoms with Gasteiger partial charge in [0.25, 0.3) is 0 Å². The Morgan fingerprint density at radius 1 is 1.35 bits per heavy atom. The maximum atomic E-state index is 13.2. The lowest BCUT2D eigenvalue weighted by atomic mass is 9.92. The molecule has 1 fully saturated rings. The van der Waals surface area contributed by atoms with E-state index in [1.807, 2.05) is 16.3 Å². The van der Waals surface area contributed by atoms with E-state index in [1.54, 1.807) is 23.5 Å². The van der Waals surface area contributed by atoms with Crippen molar-refractivity contribution in [3.8, 4) is 0 Å². The minimum atomic E-state index is -0.241. The normalized spacial score (nSPS) is 19.6. The number of likely N-dealkylation sites (tertiary alicyclic amines) is 1. The van der Waals surface area contributed by atoms with Crippen LogP contribution in [0.5, 0.6) is 0 Å². The number of hydrogen-bond donors (Lipinski definition) is 0. The topological polar surface area (TPSA) is 20.3 Å². The molecule has 0 saturated carbocycles. The quantitative estimate of drug-likeness (QED) is 0.797. The number of thiophene rings is 1. The van der Waals surface area contributed by atoms with E-state index in [9.17, 15) is 9.18 Å². The van der Waals surface area contributed by atoms with Crippen molar-refractivity contribution in [2.24, 2.45) is 5.92 Å². The lowest BCUT2D eigenvalue weighted by molar-refractivity contribution is -0.133. The molecule has 1 saturated heterocycles. The first-order valence-electron chi connectivity index (χ1n) is 8.20. The Kier molecular flexibility index (Phi) is 5.11. The predicted molar refractivity (Wildman–Crippen MR) is 92.2 cm³/mol. The highest BCUT2D eigenvalue weighted by atomic mass is 32.1. The molecule has 1 aromatic heterocycles. The standard InChI is InChI=1S/C19H22FNOS/c1-14-4-2-10-21(13-14)19(22)12-17(18-5-3-11-23-18)15-6-8-16(20)9-7-15/h3,5-9,11,14,17H,2,4,10,12-13H2,1H3. The van der Waals surface area contributed by atoms with E-state index >= 15 is 0 Å². The molecule has 2 unspecified atom stereocenters. The average Bonchev–Trinajstić information content (AvgIpc) is 3.07. The molecule has 2 heterocycles. The summed E-state index contributed by atoms with van der Waals surface area (Å²) in [6.07, 6.45) is 2.75. The molecule has 2 nitrogen and oxygen atoms in total. The summed E-state index contributed by atoms with van der Waals surface area (Å²) >= 11 is 1.65. The Morgan fingerprint density at radius 3 is 2.78 bits per heavy atom. The van der Waals surface area contributed by atoms with Crippen LogP contribution in [-0.4, -0.2) is 23.9 Å². The largest absolute Gasteiger partial charge is 0.342 e. The van der Waals surface area contributed by atoms with E-state index in [1.165, 1.54) is 18.6 Å². The third kappa shape index (κ3) is 3.99. The molecule has 0 spiro atoms. The fourth-order valence-electron chi connectivity index (χ4n) is 3.29. The zero-order chi connectivity index (χ0) is 16.2. The SMILES string of the molecule is CC1CCCN(C(=O)CC(c2ccc(F)cc2)c2cccs2)C1. The van der Waals surface area contributed by atoms with Gasteiger partial charge in [-0.3, -0.25) is 4.79 Å². The Balaban J connectivity index is 1.79. The number of carbonyl (C=O) groups is 1. The van der Waals surface area contributed by atoms with Crippen molar-refractivity contribution < 1.29 is 9.18 Å². The van der Waals surface area contributed by atoms with Gasteiger partial charge in [0.1, 0.15) is 5.82 Å². The van der Waals surface area contributed by atoms with Crippen LogP contribution in [0.2, 0.25) is 0 Å². The second-order valence-corrected chi connectivity index (χ2v) is 7.39. The number of carbonyl (C=O) groups excluding carboxylic acids is 1. The monoisotopic (exact) mass is 331 g/mol. The predicted octanol–water partition coefficient (Wildman–Crippen LogP) is 4.67. The molecule has 0 aliphatic carbocycles. The molecule has 4 heteroatoms. The number of hydrogen-bond acceptors (Lipinski definition) is 2. The lowest BCUT2D eigenvalue weighted by Crippen LogP contribution is -2.39. The molecule has 1 aromatic carbocycles. The van der Waals surface area contributed by atoms with Crippen LogP contribution < -0.4 is 0 Å². The first-order valence-corrected chi connectivity index (χ1v) is 9.08. The molecule has 122 valence electrons. The van der Waals surface area contributed by atoms with Gasteiger partial charge < -0.3 is 4.90 Å². The summed E-state index contributed by atoms with van der Waals surface area (Å²) in [5, 5.41) is 2.03. The first kappa shape index (κ1) is 16.2. The number of rotatable bonds is 4. The van der Waals surface area contributed by atoms with Crippen LogP contribution in [0.25, 0.3) is 0 Å². The second-order valence-electron chi connectivity index (χ2n) is 6.41. The van der Waals surface area contributed by atoms with Gasteiger partial charge >= 0.3 is 0 Å². The van der Waals surface area contributed by atoms with Crippen molar-refractivity contribution in [1.29, 1.82) is 0 Å². The molecule has 0 bridgehead atoms. The Labute approximate surface area is 140 Å². The van der Waals surface area contributed by atoms with Crippen molar-refractivity contribution >= 4 is 17.2 Å². The minimum Gasteiger partial charge on any atom is -0.342 e. The zero-order valence-electron chi connectivity index (χ0n) is 13.4. The van der Waals surface area contributed by atoms with Crippen LogP contribution in [-0.2, 0) is 4.79 Å². The van der Waals surface area contributed by atoms with Gasteiger partial charge in [0.15, 0.2) is 0 Å². The maximum absolute atomic E-state index is 13.2. The number of amides is 1. The molecule has 1 aliphatic heterocycles. The Hall–Kier alpha value is -1.68. The summed E-state index contributed by atoms with van der Waals surface area (Å²) < 4.78 is 13.2. The number of benzene rings is 1. The van der Waals surface area contributed by atoms with Crippen molar-refractivity contribution in [3.63, 3.8) is 0 Å². The van der Waals surface area contributed by atoms with E-state index in [4.69, 9.17) is 0 Å². The van der Waals surface area contributed by atoms with E-state index < -0.39 is 0 Å². The van der Waals surface area contributed by atoms with Crippen LogP contribution in [0.1, 0.15) is 42.5 Å². The van der Waals surface area contributed by atoms with Crippen molar-refractivity contribution in [3.05, 3.63) is 58.0 Å². The summed E-state index contributed by atoms with van der Waals surface area (Å²) in [7, 11) is 0. The van der Waals surface area contributed by atoms with Crippen molar-refractivity contribution in [2.75, 3.05) is 13.1 Å². The summed E-state index contributed by atoms with van der Waals surface area (Å²) in [5.74, 6) is 0.563. The fraction of sp³-hybridized carbons (Fsp3) is 0.421. The van der Waals surface area contributed by atoms with Gasteiger partial charge in [0.2, 0.25) is 5.91 Å². The molecular formula is C19H22FNOS. The van der Waals surface area contributed by atoms with Gasteiger partial charge in [0.05, 0.1) is 0 Å². The van der Waals surface area contributed by atoms with Gasteiger partial charge in [0, 0.05) is 30.3 Å². The molecule has 2 aromatic rings. The molecule has 2 atom stereocenters. The summed E-state index contributed by atoms with van der Waals surface area (Å²) in [5.41, 5.74) is 1.01. The van der Waals surface area contributed by atoms with Gasteiger partial charge in [-0.2, -0.15) is 0 Å². The van der Waals surface area contributed by atoms with E-state index in [0.29, 0.717) is 12.3 Å². The zero-order valence-corrected chi connectivity index (χ0v) is 14.2. The number of nitrogens with zero attached hydrogens (tertiary/aromatic N) is 1. The van der Waals surface area contributed by atoms with Crippen LogP contribution >= 0.6 is 11.3 Å². The van der Waals surface area contributed by atoms with Crippen molar-refractivity contribution in [1.82, 2.24) is 4.90 Å². The Bertz CT molecular complexity index is 638. The van der Waals surface area contributed by atoms with Gasteiger partial charge in [-0.25, -0.2) is 4.39 Å². The van der Waals surface area contributed by atoms with Crippen LogP contribution in [0, 0.1) is 11.7 Å². The van der Waals surface area contributed by atoms with Crippen LogP contribution in [0.15, 0.2) is 41.8 Å².